The molecular weight excluding hydrogens is 234 g/mol. The van der Waals surface area contributed by atoms with Gasteiger partial charge in [-0.05, 0) is 37.3 Å². The number of aryl methyl sites for hydroxylation is 1. The highest BCUT2D eigenvalue weighted by Crippen LogP contribution is 2.20. The molecule has 1 aliphatic rings. The van der Waals surface area contributed by atoms with Gasteiger partial charge in [-0.3, -0.25) is 4.79 Å². The number of halogens is 1. The van der Waals surface area contributed by atoms with Crippen LogP contribution in [0.1, 0.15) is 28.8 Å². The van der Waals surface area contributed by atoms with Crippen molar-refractivity contribution < 1.29 is 4.79 Å². The summed E-state index contributed by atoms with van der Waals surface area (Å²) in [6.07, 6.45) is 2.06. The van der Waals surface area contributed by atoms with E-state index in [0.29, 0.717) is 11.8 Å². The number of carbonyl (C=O) groups is 1. The molecule has 3 heteroatoms. The van der Waals surface area contributed by atoms with E-state index in [1.807, 2.05) is 36.1 Å². The number of likely N-dealkylation sites (tertiary alicyclic amines) is 1. The number of hydrogen-bond donors (Lipinski definition) is 0. The van der Waals surface area contributed by atoms with Crippen LogP contribution in [0.3, 0.4) is 0 Å². The maximum Gasteiger partial charge on any atom is 0.254 e. The highest BCUT2D eigenvalue weighted by molar-refractivity contribution is 6.18. The Labute approximate surface area is 108 Å². The minimum Gasteiger partial charge on any atom is -0.339 e. The molecule has 1 fully saturated rings. The average Bonchev–Trinajstić information content (AvgIpc) is 2.39. The summed E-state index contributed by atoms with van der Waals surface area (Å²) in [7, 11) is 0. The van der Waals surface area contributed by atoms with Crippen molar-refractivity contribution in [3.8, 4) is 0 Å². The molecule has 1 saturated heterocycles. The summed E-state index contributed by atoms with van der Waals surface area (Å²) in [6, 6.07) is 7.78. The Balaban J connectivity index is 2.04. The van der Waals surface area contributed by atoms with Gasteiger partial charge in [-0.25, -0.2) is 0 Å². The van der Waals surface area contributed by atoms with Crippen LogP contribution in [0.15, 0.2) is 24.3 Å². The van der Waals surface area contributed by atoms with Crippen LogP contribution in [0.5, 0.6) is 0 Å². The number of carbonyl (C=O) groups excluding carboxylic acids is 1. The molecule has 0 saturated carbocycles. The molecule has 0 bridgehead atoms. The Morgan fingerprint density at radius 3 is 2.59 bits per heavy atom. The van der Waals surface area contributed by atoms with Crippen LogP contribution >= 0.6 is 11.6 Å². The number of amides is 1. The molecule has 1 aliphatic heterocycles. The number of alkyl halides is 1. The third-order valence-electron chi connectivity index (χ3n) is 3.50. The Bertz CT molecular complexity index is 397. The third kappa shape index (κ3) is 2.81. The van der Waals surface area contributed by atoms with E-state index in [4.69, 9.17) is 11.6 Å². The molecule has 17 heavy (non-hydrogen) atoms. The van der Waals surface area contributed by atoms with E-state index in [9.17, 15) is 4.79 Å². The molecule has 0 atom stereocenters. The second-order valence-electron chi connectivity index (χ2n) is 4.70. The number of nitrogens with zero attached hydrogens (tertiary/aromatic N) is 1. The lowest BCUT2D eigenvalue weighted by atomic mass is 9.98. The summed E-state index contributed by atoms with van der Waals surface area (Å²) in [5.41, 5.74) is 1.88. The first kappa shape index (κ1) is 12.4. The first-order chi connectivity index (χ1) is 8.22. The van der Waals surface area contributed by atoms with Crippen LogP contribution in [0.25, 0.3) is 0 Å². The van der Waals surface area contributed by atoms with E-state index in [1.54, 1.807) is 0 Å². The lowest BCUT2D eigenvalue weighted by molar-refractivity contribution is 0.0697. The van der Waals surface area contributed by atoms with Crippen LogP contribution in [0, 0.1) is 12.8 Å². The Kier molecular flexibility index (Phi) is 4.06. The van der Waals surface area contributed by atoms with Crippen LogP contribution < -0.4 is 0 Å². The summed E-state index contributed by atoms with van der Waals surface area (Å²) in [6.45, 7) is 3.66. The SMILES string of the molecule is Cc1ccccc1C(=O)N1CCC(CCl)CC1. The maximum absolute atomic E-state index is 12.3. The quantitative estimate of drug-likeness (QED) is 0.740. The Morgan fingerprint density at radius 2 is 2.00 bits per heavy atom. The van der Waals surface area contributed by atoms with E-state index >= 15 is 0 Å². The van der Waals surface area contributed by atoms with E-state index in [-0.39, 0.29) is 5.91 Å². The standard InChI is InChI=1S/C14H18ClNO/c1-11-4-2-3-5-13(11)14(17)16-8-6-12(10-15)7-9-16/h2-5,12H,6-10H2,1H3. The molecule has 0 N–H and O–H groups in total. The highest BCUT2D eigenvalue weighted by atomic mass is 35.5. The van der Waals surface area contributed by atoms with E-state index in [2.05, 4.69) is 0 Å². The second-order valence-corrected chi connectivity index (χ2v) is 5.01. The molecule has 0 radical (unpaired) electrons. The van der Waals surface area contributed by atoms with Crippen molar-refractivity contribution in [1.29, 1.82) is 0 Å². The largest absolute Gasteiger partial charge is 0.339 e. The molecular formula is C14H18ClNO. The number of benzene rings is 1. The van der Waals surface area contributed by atoms with Gasteiger partial charge < -0.3 is 4.90 Å². The molecule has 1 aromatic carbocycles. The number of piperidine rings is 1. The average molecular weight is 252 g/mol. The van der Waals surface area contributed by atoms with E-state index in [0.717, 1.165) is 37.1 Å². The van der Waals surface area contributed by atoms with Crippen LogP contribution in [0.4, 0.5) is 0 Å². The molecule has 0 spiro atoms. The van der Waals surface area contributed by atoms with Gasteiger partial charge in [-0.1, -0.05) is 18.2 Å². The van der Waals surface area contributed by atoms with Crippen molar-refractivity contribution >= 4 is 17.5 Å². The van der Waals surface area contributed by atoms with Crippen LogP contribution in [-0.4, -0.2) is 29.8 Å². The monoisotopic (exact) mass is 251 g/mol. The molecule has 1 amide bonds. The van der Waals surface area contributed by atoms with Gasteiger partial charge in [0.15, 0.2) is 0 Å². The fraction of sp³-hybridized carbons (Fsp3) is 0.500. The lowest BCUT2D eigenvalue weighted by Gasteiger charge is -2.31. The van der Waals surface area contributed by atoms with Crippen molar-refractivity contribution in [2.24, 2.45) is 5.92 Å². The predicted octanol–water partition coefficient (Wildman–Crippen LogP) is 3.09. The first-order valence-electron chi connectivity index (χ1n) is 6.13. The van der Waals surface area contributed by atoms with Gasteiger partial charge in [0.25, 0.3) is 5.91 Å². The highest BCUT2D eigenvalue weighted by Gasteiger charge is 2.23. The van der Waals surface area contributed by atoms with E-state index in [1.165, 1.54) is 0 Å². The molecule has 2 nitrogen and oxygen atoms in total. The summed E-state index contributed by atoms with van der Waals surface area (Å²) >= 11 is 5.85. The minimum atomic E-state index is 0.163. The van der Waals surface area contributed by atoms with Crippen molar-refractivity contribution in [2.45, 2.75) is 19.8 Å². The third-order valence-corrected chi connectivity index (χ3v) is 3.93. The molecule has 92 valence electrons. The molecule has 1 aromatic rings. The molecule has 1 heterocycles. The topological polar surface area (TPSA) is 20.3 Å². The van der Waals surface area contributed by atoms with Crippen LogP contribution in [-0.2, 0) is 0 Å². The van der Waals surface area contributed by atoms with E-state index < -0.39 is 0 Å². The minimum absolute atomic E-state index is 0.163. The zero-order chi connectivity index (χ0) is 12.3. The van der Waals surface area contributed by atoms with Gasteiger partial charge >= 0.3 is 0 Å². The van der Waals surface area contributed by atoms with Crippen LogP contribution in [0.2, 0.25) is 0 Å². The van der Waals surface area contributed by atoms with Gasteiger partial charge in [0.1, 0.15) is 0 Å². The lowest BCUT2D eigenvalue weighted by Crippen LogP contribution is -2.39. The Hall–Kier alpha value is -1.02. The summed E-state index contributed by atoms with van der Waals surface area (Å²) < 4.78 is 0. The smallest absolute Gasteiger partial charge is 0.254 e. The second kappa shape index (κ2) is 5.54. The van der Waals surface area contributed by atoms with Gasteiger partial charge in [0, 0.05) is 24.5 Å². The Morgan fingerprint density at radius 1 is 1.35 bits per heavy atom. The predicted molar refractivity (Wildman–Crippen MR) is 70.5 cm³/mol. The molecule has 0 aromatic heterocycles. The van der Waals surface area contributed by atoms with Crippen molar-refractivity contribution in [3.05, 3.63) is 35.4 Å². The van der Waals surface area contributed by atoms with Crippen molar-refractivity contribution in [2.75, 3.05) is 19.0 Å². The zero-order valence-corrected chi connectivity index (χ0v) is 10.9. The van der Waals surface area contributed by atoms with Crippen molar-refractivity contribution in [1.82, 2.24) is 4.90 Å². The van der Waals surface area contributed by atoms with Gasteiger partial charge in [0.05, 0.1) is 0 Å². The fourth-order valence-electron chi connectivity index (χ4n) is 2.27. The molecule has 0 unspecified atom stereocenters. The molecule has 2 rings (SSSR count). The maximum atomic E-state index is 12.3. The summed E-state index contributed by atoms with van der Waals surface area (Å²) in [5, 5.41) is 0. The van der Waals surface area contributed by atoms with Gasteiger partial charge in [0.2, 0.25) is 0 Å². The first-order valence-corrected chi connectivity index (χ1v) is 6.66. The zero-order valence-electron chi connectivity index (χ0n) is 10.2. The summed E-state index contributed by atoms with van der Waals surface area (Å²) in [5.74, 6) is 1.46. The van der Waals surface area contributed by atoms with Gasteiger partial charge in [-0.15, -0.1) is 11.6 Å². The summed E-state index contributed by atoms with van der Waals surface area (Å²) in [4.78, 5) is 14.3. The number of rotatable bonds is 2. The van der Waals surface area contributed by atoms with Crippen molar-refractivity contribution in [3.63, 3.8) is 0 Å². The normalized spacial score (nSPS) is 17.2. The fourth-order valence-corrected chi connectivity index (χ4v) is 2.58. The number of hydrogen-bond acceptors (Lipinski definition) is 1. The molecule has 0 aliphatic carbocycles. The van der Waals surface area contributed by atoms with Gasteiger partial charge in [-0.2, -0.15) is 0 Å².